The zero-order valence-corrected chi connectivity index (χ0v) is 16.9. The first-order valence-corrected chi connectivity index (χ1v) is 8.20. The number of phenols is 1. The molecule has 0 aliphatic rings. The van der Waals surface area contributed by atoms with Crippen molar-refractivity contribution in [3.63, 3.8) is 0 Å². The number of hydrogen-bond donors (Lipinski definition) is 3. The van der Waals surface area contributed by atoms with Crippen LogP contribution in [0.15, 0.2) is 12.1 Å². The van der Waals surface area contributed by atoms with Crippen LogP contribution in [-0.2, 0) is 20.7 Å². The highest BCUT2D eigenvalue weighted by Gasteiger charge is 2.12. The average Bonchev–Trinajstić information content (AvgIpc) is 2.48. The van der Waals surface area contributed by atoms with E-state index in [-0.39, 0.29) is 12.2 Å². The summed E-state index contributed by atoms with van der Waals surface area (Å²) in [6.07, 6.45) is -0.0720. The first-order chi connectivity index (χ1) is 11.9. The van der Waals surface area contributed by atoms with Gasteiger partial charge in [0.15, 0.2) is 0 Å². The predicted molar refractivity (Wildman–Crippen MR) is 102 cm³/mol. The van der Waals surface area contributed by atoms with Crippen LogP contribution in [0.1, 0.15) is 57.7 Å². The molecule has 0 aliphatic carbocycles. The third-order valence-electron chi connectivity index (χ3n) is 2.68. The van der Waals surface area contributed by atoms with Crippen LogP contribution in [0.5, 0.6) is 5.75 Å². The van der Waals surface area contributed by atoms with Crippen molar-refractivity contribution >= 4 is 18.9 Å². The summed E-state index contributed by atoms with van der Waals surface area (Å²) in [7, 11) is 0. The van der Waals surface area contributed by atoms with Gasteiger partial charge in [-0.25, -0.2) is 4.79 Å². The maximum Gasteiger partial charge on any atom is 0.405 e. The third-order valence-corrected chi connectivity index (χ3v) is 2.68. The molecule has 0 atom stereocenters. The number of aryl methyl sites for hydroxylation is 2. The number of carboxylic acids is 1. The Labute approximate surface area is 156 Å². The second kappa shape index (κ2) is 14.7. The van der Waals surface area contributed by atoms with Crippen LogP contribution < -0.4 is 5.73 Å². The van der Waals surface area contributed by atoms with Crippen LogP contribution in [0.2, 0.25) is 0 Å². The number of carboxylic acid groups (broad SMARTS) is 1. The minimum absolute atomic E-state index is 0.131. The number of ether oxygens (including phenoxy) is 1. The molecule has 1 rings (SSSR count). The largest absolute Gasteiger partial charge is 0.508 e. The number of aliphatic carboxylic acids is 1. The summed E-state index contributed by atoms with van der Waals surface area (Å²) in [5, 5.41) is 17.8. The smallest absolute Gasteiger partial charge is 0.405 e. The molecule has 150 valence electrons. The maximum atomic E-state index is 10.4. The first kappa shape index (κ1) is 28.2. The van der Waals surface area contributed by atoms with Gasteiger partial charge in [-0.3, -0.25) is 4.79 Å². The van der Waals surface area contributed by atoms with E-state index < -0.39 is 17.7 Å². The topological polar surface area (TPSA) is 127 Å². The van der Waals surface area contributed by atoms with Crippen molar-refractivity contribution in [1.82, 2.24) is 0 Å². The minimum atomic E-state index is -0.795. The van der Waals surface area contributed by atoms with E-state index in [1.165, 1.54) is 0 Å². The fraction of sp³-hybridized carbons (Fsp3) is 0.526. The van der Waals surface area contributed by atoms with Crippen molar-refractivity contribution in [2.75, 3.05) is 0 Å². The normalized spacial score (nSPS) is 9.19. The number of amides is 1. The fourth-order valence-electron chi connectivity index (χ4n) is 1.90. The Morgan fingerprint density at radius 3 is 1.73 bits per heavy atom. The lowest BCUT2D eigenvalue weighted by Gasteiger charge is -2.16. The predicted octanol–water partition coefficient (Wildman–Crippen LogP) is 3.75. The van der Waals surface area contributed by atoms with Crippen LogP contribution >= 0.6 is 0 Å². The number of phenolic OH excluding ortho intramolecular Hbond substituents is 1. The lowest BCUT2D eigenvalue weighted by atomic mass is 9.98. The molecule has 26 heavy (non-hydrogen) atoms. The summed E-state index contributed by atoms with van der Waals surface area (Å²) in [5.74, 6) is -0.559. The molecule has 0 unspecified atom stereocenters. The summed E-state index contributed by atoms with van der Waals surface area (Å²) < 4.78 is 4.58. The highest BCUT2D eigenvalue weighted by molar-refractivity contribution is 5.67. The summed E-state index contributed by atoms with van der Waals surface area (Å²) in [6, 6.07) is 3.31. The van der Waals surface area contributed by atoms with Crippen LogP contribution in [-0.4, -0.2) is 34.7 Å². The SMILES string of the molecule is C=O.CC.CC(C)(C)OC(N)=O.Cc1cc(O)cc(C)c1CCC(=O)O. The van der Waals surface area contributed by atoms with Gasteiger partial charge in [0.1, 0.15) is 18.1 Å². The Morgan fingerprint density at radius 1 is 1.12 bits per heavy atom. The molecule has 0 saturated heterocycles. The highest BCUT2D eigenvalue weighted by atomic mass is 16.6. The van der Waals surface area contributed by atoms with E-state index in [1.54, 1.807) is 32.9 Å². The summed E-state index contributed by atoms with van der Waals surface area (Å²) in [5.41, 5.74) is 7.18. The molecule has 4 N–H and O–H groups in total. The molecule has 7 nitrogen and oxygen atoms in total. The number of rotatable bonds is 3. The van der Waals surface area contributed by atoms with Crippen molar-refractivity contribution in [2.24, 2.45) is 5.73 Å². The molecular weight excluding hydrogens is 338 g/mol. The van der Waals surface area contributed by atoms with Crippen LogP contribution in [0.3, 0.4) is 0 Å². The Morgan fingerprint density at radius 2 is 1.50 bits per heavy atom. The molecule has 0 aromatic heterocycles. The van der Waals surface area contributed by atoms with Gasteiger partial charge in [-0.05, 0) is 69.9 Å². The number of nitrogens with two attached hydrogens (primary N) is 1. The Bertz CT molecular complexity index is 526. The van der Waals surface area contributed by atoms with E-state index in [4.69, 9.17) is 15.6 Å². The van der Waals surface area contributed by atoms with Gasteiger partial charge < -0.3 is 25.5 Å². The van der Waals surface area contributed by atoms with Gasteiger partial charge in [0.05, 0.1) is 0 Å². The van der Waals surface area contributed by atoms with E-state index in [1.807, 2.05) is 34.5 Å². The number of carbonyl (C=O) groups is 3. The Balaban J connectivity index is -0.000000377. The summed E-state index contributed by atoms with van der Waals surface area (Å²) >= 11 is 0. The van der Waals surface area contributed by atoms with Gasteiger partial charge in [-0.2, -0.15) is 0 Å². The van der Waals surface area contributed by atoms with Crippen molar-refractivity contribution in [1.29, 1.82) is 0 Å². The summed E-state index contributed by atoms with van der Waals surface area (Å²) in [4.78, 5) is 28.4. The second-order valence-corrected chi connectivity index (χ2v) is 5.99. The van der Waals surface area contributed by atoms with Gasteiger partial charge >= 0.3 is 12.1 Å². The third kappa shape index (κ3) is 16.3. The molecule has 0 bridgehead atoms. The lowest BCUT2D eigenvalue weighted by Crippen LogP contribution is -2.27. The molecule has 0 aliphatic heterocycles. The van der Waals surface area contributed by atoms with Crippen LogP contribution in [0.25, 0.3) is 0 Å². The van der Waals surface area contributed by atoms with Gasteiger partial charge in [0.25, 0.3) is 0 Å². The average molecular weight is 371 g/mol. The molecule has 1 amide bonds. The maximum absolute atomic E-state index is 10.4. The summed E-state index contributed by atoms with van der Waals surface area (Å²) in [6.45, 7) is 15.0. The van der Waals surface area contributed by atoms with Gasteiger partial charge in [0, 0.05) is 6.42 Å². The standard InChI is InChI=1S/C11H14O3.C5H11NO2.C2H6.CH2O/c1-7-5-9(12)6-8(2)10(7)3-4-11(13)14;1-5(2,3)8-4(6)7;2*1-2/h5-6,12H,3-4H2,1-2H3,(H,13,14);1-3H3,(H2,6,7);1-2H3;1H2. The second-order valence-electron chi connectivity index (χ2n) is 5.99. The van der Waals surface area contributed by atoms with Gasteiger partial charge in [0.2, 0.25) is 0 Å². The van der Waals surface area contributed by atoms with Crippen molar-refractivity contribution in [3.8, 4) is 5.75 Å². The quantitative estimate of drug-likeness (QED) is 0.742. The van der Waals surface area contributed by atoms with Crippen LogP contribution in [0, 0.1) is 13.8 Å². The molecule has 0 fully saturated rings. The Hall–Kier alpha value is -2.57. The number of primary amides is 1. The van der Waals surface area contributed by atoms with E-state index in [2.05, 4.69) is 4.74 Å². The van der Waals surface area contributed by atoms with Gasteiger partial charge in [-0.15, -0.1) is 0 Å². The molecule has 1 aromatic carbocycles. The van der Waals surface area contributed by atoms with E-state index in [9.17, 15) is 14.7 Å². The fourth-order valence-corrected chi connectivity index (χ4v) is 1.90. The first-order valence-electron chi connectivity index (χ1n) is 8.20. The molecule has 1 aromatic rings. The highest BCUT2D eigenvalue weighted by Crippen LogP contribution is 2.21. The number of carbonyl (C=O) groups excluding carboxylic acids is 2. The zero-order chi connectivity index (χ0) is 21.5. The van der Waals surface area contributed by atoms with Crippen molar-refractivity contribution < 1.29 is 29.3 Å². The van der Waals surface area contributed by atoms with Gasteiger partial charge in [-0.1, -0.05) is 13.8 Å². The van der Waals surface area contributed by atoms with Crippen molar-refractivity contribution in [3.05, 3.63) is 28.8 Å². The molecule has 0 saturated carbocycles. The number of benzene rings is 1. The Kier molecular flexibility index (Phi) is 16.0. The van der Waals surface area contributed by atoms with E-state index in [0.29, 0.717) is 6.42 Å². The molecule has 0 heterocycles. The lowest BCUT2D eigenvalue weighted by molar-refractivity contribution is -0.136. The van der Waals surface area contributed by atoms with Crippen molar-refractivity contribution in [2.45, 2.75) is 66.9 Å². The van der Waals surface area contributed by atoms with E-state index >= 15 is 0 Å². The zero-order valence-electron chi connectivity index (χ0n) is 16.9. The molecule has 0 radical (unpaired) electrons. The van der Waals surface area contributed by atoms with Crippen LogP contribution in [0.4, 0.5) is 4.79 Å². The molecule has 7 heteroatoms. The number of aromatic hydroxyl groups is 1. The minimum Gasteiger partial charge on any atom is -0.508 e. The number of hydrogen-bond acceptors (Lipinski definition) is 5. The van der Waals surface area contributed by atoms with E-state index in [0.717, 1.165) is 16.7 Å². The monoisotopic (exact) mass is 371 g/mol. The molecular formula is C19H33NO6. The molecule has 0 spiro atoms.